The minimum atomic E-state index is -4.64. The number of imidazole rings is 1. The smallest absolute Gasteiger partial charge is 0.379 e. The van der Waals surface area contributed by atoms with E-state index >= 15 is 0 Å². The van der Waals surface area contributed by atoms with Crippen molar-refractivity contribution >= 4 is 43.2 Å². The number of aromatic nitrogens is 2. The Morgan fingerprint density at radius 1 is 0.863 bits per heavy atom. The molecule has 16 nitrogen and oxygen atoms in total. The van der Waals surface area contributed by atoms with Crippen LogP contribution in [0.3, 0.4) is 0 Å². The number of hydrogen-bond acceptors (Lipinski definition) is 12. The molecule has 73 heavy (non-hydrogen) atoms. The summed E-state index contributed by atoms with van der Waals surface area (Å²) in [6, 6.07) is 14.6. The second-order valence-electron chi connectivity index (χ2n) is 20.4. The standard InChI is InChI=1S/C49H64F3N11O4.C5H10O/c1-53-54-35-56(2)18-13-48(33-67-34-48)42-5-4-6-44(25-42)62-31-46-45(49(50,51)52)23-39(29-63(46)47(62)66)28-59-16-11-37(12-17-59)26-58-14-9-38(10-15-58)27-60-19-21-61(22-20-60)43-8-7-40(32-64)41(24-43)30-57(3)55-36-65;1-2-3-4-5-6/h4-8,23-25,29,31-32,35-38H,1,9-22,26-28,30,33-34H2,2-3H3,(H,55,65);5H,2-4H2,1H3/b54-35-;. The van der Waals surface area contributed by atoms with Gasteiger partial charge >= 0.3 is 11.9 Å². The number of piperidine rings is 2. The molecule has 0 aliphatic carbocycles. The molecule has 1 amide bonds. The monoisotopic (exact) mass is 1010 g/mol. The molecule has 0 atom stereocenters. The van der Waals surface area contributed by atoms with Crippen LogP contribution in [0.2, 0.25) is 0 Å². The molecular formula is C54H74F3N11O5. The lowest BCUT2D eigenvalue weighted by Crippen LogP contribution is -2.49. The number of likely N-dealkylation sites (tertiary alicyclic amines) is 2. The Balaban J connectivity index is 0.00000123. The van der Waals surface area contributed by atoms with Gasteiger partial charge in [0.15, 0.2) is 0 Å². The number of hydrogen-bond donors (Lipinski definition) is 1. The summed E-state index contributed by atoms with van der Waals surface area (Å²) < 4.78 is 52.2. The second-order valence-corrected chi connectivity index (χ2v) is 20.4. The van der Waals surface area contributed by atoms with Crippen LogP contribution < -0.4 is 16.0 Å². The zero-order chi connectivity index (χ0) is 52.0. The van der Waals surface area contributed by atoms with Gasteiger partial charge in [-0.15, -0.1) is 5.10 Å². The predicted octanol–water partition coefficient (Wildman–Crippen LogP) is 6.37. The largest absolute Gasteiger partial charge is 0.418 e. The topological polar surface area (TPSA) is 143 Å². The van der Waals surface area contributed by atoms with Crippen molar-refractivity contribution in [2.24, 2.45) is 22.0 Å². The number of hydrazine groups is 1. The lowest BCUT2D eigenvalue weighted by molar-refractivity contribution is -0.136. The van der Waals surface area contributed by atoms with Gasteiger partial charge in [-0.3, -0.25) is 33.8 Å². The molecule has 0 unspecified atom stereocenters. The molecule has 8 rings (SSSR count). The number of unbranched alkanes of at least 4 members (excludes halogenated alkanes) is 2. The number of ether oxygens (including phenoxy) is 1. The summed E-state index contributed by atoms with van der Waals surface area (Å²) in [6.45, 7) is 17.6. The van der Waals surface area contributed by atoms with Gasteiger partial charge in [0.05, 0.1) is 30.0 Å². The number of carbonyl (C=O) groups excluding carboxylic acids is 3. The molecule has 6 heterocycles. The van der Waals surface area contributed by atoms with Crippen molar-refractivity contribution in [1.82, 2.24) is 39.0 Å². The average Bonchev–Trinajstić information content (AvgIpc) is 3.71. The van der Waals surface area contributed by atoms with Crippen LogP contribution in [0.15, 0.2) is 75.9 Å². The Bertz CT molecular complexity index is 2540. The molecule has 0 radical (unpaired) electrons. The van der Waals surface area contributed by atoms with Crippen LogP contribution in [0, 0.1) is 11.8 Å². The molecule has 396 valence electrons. The first-order valence-corrected chi connectivity index (χ1v) is 25.8. The number of halogens is 3. The fraction of sp³-hybridized carbons (Fsp3) is 0.556. The summed E-state index contributed by atoms with van der Waals surface area (Å²) in [4.78, 5) is 57.7. The highest BCUT2D eigenvalue weighted by Gasteiger charge is 2.41. The number of anilines is 1. The third kappa shape index (κ3) is 14.5. The number of carbonyl (C=O) groups is 3. The van der Waals surface area contributed by atoms with Crippen LogP contribution in [0.5, 0.6) is 0 Å². The maximum atomic E-state index is 14.7. The zero-order valence-electron chi connectivity index (χ0n) is 42.9. The Hall–Kier alpha value is -5.73. The van der Waals surface area contributed by atoms with Crippen molar-refractivity contribution in [1.29, 1.82) is 0 Å². The van der Waals surface area contributed by atoms with Crippen LogP contribution >= 0.6 is 0 Å². The van der Waals surface area contributed by atoms with Gasteiger partial charge in [0.2, 0.25) is 6.41 Å². The summed E-state index contributed by atoms with van der Waals surface area (Å²) in [5.74, 6) is 1.20. The van der Waals surface area contributed by atoms with E-state index < -0.39 is 17.4 Å². The number of benzene rings is 2. The molecule has 4 saturated heterocycles. The highest BCUT2D eigenvalue weighted by atomic mass is 19.4. The van der Waals surface area contributed by atoms with Crippen molar-refractivity contribution < 1.29 is 32.3 Å². The van der Waals surface area contributed by atoms with Crippen LogP contribution in [0.25, 0.3) is 11.2 Å². The van der Waals surface area contributed by atoms with Gasteiger partial charge in [-0.2, -0.15) is 18.3 Å². The first-order chi connectivity index (χ1) is 35.3. The molecule has 19 heteroatoms. The highest BCUT2D eigenvalue weighted by molar-refractivity contribution is 5.78. The van der Waals surface area contributed by atoms with E-state index in [9.17, 15) is 32.3 Å². The van der Waals surface area contributed by atoms with E-state index in [2.05, 4.69) is 54.9 Å². The third-order valence-electron chi connectivity index (χ3n) is 15.1. The Morgan fingerprint density at radius 3 is 2.14 bits per heavy atom. The predicted molar refractivity (Wildman–Crippen MR) is 280 cm³/mol. The third-order valence-corrected chi connectivity index (χ3v) is 15.1. The van der Waals surface area contributed by atoms with Crippen molar-refractivity contribution in [3.05, 3.63) is 99.2 Å². The molecule has 0 saturated carbocycles. The first-order valence-electron chi connectivity index (χ1n) is 25.8. The maximum Gasteiger partial charge on any atom is 0.418 e. The Morgan fingerprint density at radius 2 is 1.55 bits per heavy atom. The normalized spacial score (nSPS) is 18.4. The van der Waals surface area contributed by atoms with Crippen LogP contribution in [-0.4, -0.2) is 165 Å². The maximum absolute atomic E-state index is 14.7. The van der Waals surface area contributed by atoms with E-state index in [1.165, 1.54) is 29.7 Å². The number of piperazine rings is 1. The van der Waals surface area contributed by atoms with Gasteiger partial charge in [0.1, 0.15) is 18.9 Å². The molecule has 0 bridgehead atoms. The quantitative estimate of drug-likeness (QED) is 0.0309. The molecule has 1 N–H and O–H groups in total. The van der Waals surface area contributed by atoms with Crippen molar-refractivity contribution in [2.45, 2.75) is 83.0 Å². The van der Waals surface area contributed by atoms with Gasteiger partial charge in [-0.05, 0) is 130 Å². The zero-order valence-corrected chi connectivity index (χ0v) is 42.9. The molecule has 2 aromatic carbocycles. The number of pyridine rings is 1. The number of alkyl halides is 3. The van der Waals surface area contributed by atoms with E-state index in [0.29, 0.717) is 67.9 Å². The fourth-order valence-corrected chi connectivity index (χ4v) is 10.7. The summed E-state index contributed by atoms with van der Waals surface area (Å²) in [5, 5.41) is 9.02. The average molecular weight is 1010 g/mol. The van der Waals surface area contributed by atoms with Gasteiger partial charge in [-0.1, -0.05) is 25.5 Å². The summed E-state index contributed by atoms with van der Waals surface area (Å²) in [5.41, 5.74) is 5.33. The molecule has 4 fully saturated rings. The van der Waals surface area contributed by atoms with Crippen LogP contribution in [0.4, 0.5) is 18.9 Å². The summed E-state index contributed by atoms with van der Waals surface area (Å²) >= 11 is 0. The molecular weight excluding hydrogens is 940 g/mol. The number of amides is 1. The van der Waals surface area contributed by atoms with Crippen molar-refractivity contribution in [3.63, 3.8) is 0 Å². The SMILES string of the molecule is C=N/N=C\N(C)CCC1(c2cccc(-n3cc4c(C(F)(F)F)cc(CN5CCC(CN6CCC(CN7CCN(c8ccc(C=O)c(CN(C)NC=O)c8)CC7)CC6)CC5)cn4c3=O)c2)COC1.CCCCC=O. The van der Waals surface area contributed by atoms with E-state index in [4.69, 9.17) is 4.74 Å². The van der Waals surface area contributed by atoms with Gasteiger partial charge in [0.25, 0.3) is 0 Å². The lowest BCUT2D eigenvalue weighted by Gasteiger charge is -2.43. The molecule has 2 aromatic heterocycles. The molecule has 4 aromatic rings. The molecule has 4 aliphatic heterocycles. The summed E-state index contributed by atoms with van der Waals surface area (Å²) in [7, 11) is 3.67. The molecule has 4 aliphatic rings. The van der Waals surface area contributed by atoms with E-state index in [1.807, 2.05) is 42.3 Å². The number of aldehydes is 2. The highest BCUT2D eigenvalue weighted by Crippen LogP contribution is 2.38. The van der Waals surface area contributed by atoms with E-state index in [1.54, 1.807) is 30.7 Å². The first kappa shape index (κ1) is 55.0. The van der Waals surface area contributed by atoms with Gasteiger partial charge < -0.3 is 24.2 Å². The van der Waals surface area contributed by atoms with Gasteiger partial charge in [0, 0.05) is 115 Å². The van der Waals surface area contributed by atoms with Crippen LogP contribution in [0.1, 0.15) is 90.9 Å². The Kier molecular flexibility index (Phi) is 19.6. The molecule has 0 spiro atoms. The number of fused-ring (bicyclic) bond motifs is 1. The minimum Gasteiger partial charge on any atom is -0.379 e. The number of nitrogens with zero attached hydrogens (tertiary/aromatic N) is 10. The Labute approximate surface area is 427 Å². The number of nitrogens with one attached hydrogen (secondary N) is 1. The second kappa shape index (κ2) is 26.0. The minimum absolute atomic E-state index is 0.168. The fourth-order valence-electron chi connectivity index (χ4n) is 10.7. The van der Waals surface area contributed by atoms with Crippen molar-refractivity contribution in [2.75, 3.05) is 104 Å². The summed E-state index contributed by atoms with van der Waals surface area (Å²) in [6.07, 6.45) is 10.3. The van der Waals surface area contributed by atoms with E-state index in [0.717, 1.165) is 138 Å². The van der Waals surface area contributed by atoms with E-state index in [-0.39, 0.29) is 10.9 Å². The van der Waals surface area contributed by atoms with Gasteiger partial charge in [-0.25, -0.2) is 9.80 Å². The van der Waals surface area contributed by atoms with Crippen molar-refractivity contribution in [3.8, 4) is 5.69 Å². The number of rotatable bonds is 22. The lowest BCUT2D eigenvalue weighted by atomic mass is 9.75. The van der Waals surface area contributed by atoms with Crippen LogP contribution in [-0.2, 0) is 39.0 Å².